The van der Waals surface area contributed by atoms with Crippen LogP contribution >= 0.6 is 11.6 Å². The summed E-state index contributed by atoms with van der Waals surface area (Å²) < 4.78 is 14.1. The summed E-state index contributed by atoms with van der Waals surface area (Å²) in [5.41, 5.74) is -0.148. The highest BCUT2D eigenvalue weighted by molar-refractivity contribution is 6.31. The molecule has 6 heteroatoms. The molecule has 2 fully saturated rings. The Balaban J connectivity index is 1.97. The highest BCUT2D eigenvalue weighted by Crippen LogP contribution is 2.40. The van der Waals surface area contributed by atoms with Gasteiger partial charge in [0.05, 0.1) is 10.6 Å². The first-order chi connectivity index (χ1) is 10.5. The van der Waals surface area contributed by atoms with Gasteiger partial charge < -0.3 is 10.0 Å². The molecule has 4 nitrogen and oxygen atoms in total. The van der Waals surface area contributed by atoms with E-state index in [2.05, 4.69) is 0 Å². The van der Waals surface area contributed by atoms with Crippen LogP contribution < -0.4 is 0 Å². The quantitative estimate of drug-likeness (QED) is 0.907. The number of carboxylic acids is 1. The molecular formula is C16H17ClFNO3. The zero-order valence-electron chi connectivity index (χ0n) is 12.0. The number of rotatable bonds is 2. The zero-order valence-corrected chi connectivity index (χ0v) is 12.7. The van der Waals surface area contributed by atoms with Gasteiger partial charge in [0.1, 0.15) is 6.04 Å². The third kappa shape index (κ3) is 2.47. The van der Waals surface area contributed by atoms with Crippen molar-refractivity contribution in [2.24, 2.45) is 5.92 Å². The number of carboxylic acid groups (broad SMARTS) is 1. The molecule has 3 unspecified atom stereocenters. The number of halogens is 2. The highest BCUT2D eigenvalue weighted by atomic mass is 35.5. The van der Waals surface area contributed by atoms with Gasteiger partial charge in [-0.15, -0.1) is 0 Å². The Morgan fingerprint density at radius 2 is 2.00 bits per heavy atom. The lowest BCUT2D eigenvalue weighted by atomic mass is 9.84. The first-order valence-corrected chi connectivity index (χ1v) is 7.88. The van der Waals surface area contributed by atoms with Crippen molar-refractivity contribution < 1.29 is 19.1 Å². The standard InChI is InChI=1S/C16H17ClFNO3/c17-11-6-3-5-10(14(11)18)15(20)19-12-7-2-1-4-9(12)8-13(19)16(21)22/h3,5-6,9,12-13H,1-2,4,7-8H2,(H,21,22). The normalized spacial score (nSPS) is 27.5. The van der Waals surface area contributed by atoms with E-state index in [-0.39, 0.29) is 22.5 Å². The maximum atomic E-state index is 14.1. The van der Waals surface area contributed by atoms with Crippen LogP contribution in [0.5, 0.6) is 0 Å². The van der Waals surface area contributed by atoms with Crippen LogP contribution in [0.1, 0.15) is 42.5 Å². The summed E-state index contributed by atoms with van der Waals surface area (Å²) in [6.45, 7) is 0. The van der Waals surface area contributed by atoms with E-state index in [0.29, 0.717) is 6.42 Å². The first-order valence-electron chi connectivity index (χ1n) is 7.50. The van der Waals surface area contributed by atoms with Gasteiger partial charge in [0.25, 0.3) is 5.91 Å². The van der Waals surface area contributed by atoms with Crippen molar-refractivity contribution in [2.45, 2.75) is 44.2 Å². The molecule has 1 aromatic carbocycles. The van der Waals surface area contributed by atoms with Crippen molar-refractivity contribution in [3.63, 3.8) is 0 Å². The smallest absolute Gasteiger partial charge is 0.326 e. The molecule has 2 aliphatic rings. The van der Waals surface area contributed by atoms with Crippen LogP contribution in [-0.4, -0.2) is 34.0 Å². The van der Waals surface area contributed by atoms with Crippen molar-refractivity contribution in [2.75, 3.05) is 0 Å². The maximum Gasteiger partial charge on any atom is 0.326 e. The summed E-state index contributed by atoms with van der Waals surface area (Å²) in [5, 5.41) is 9.31. The summed E-state index contributed by atoms with van der Waals surface area (Å²) in [6.07, 6.45) is 4.18. The summed E-state index contributed by atoms with van der Waals surface area (Å²) in [4.78, 5) is 25.7. The minimum atomic E-state index is -1.02. The number of carbonyl (C=O) groups excluding carboxylic acids is 1. The fraction of sp³-hybridized carbons (Fsp3) is 0.500. The molecule has 1 saturated carbocycles. The van der Waals surface area contributed by atoms with E-state index in [1.807, 2.05) is 0 Å². The predicted octanol–water partition coefficient (Wildman–Crippen LogP) is 3.34. The Bertz CT molecular complexity index is 621. The Morgan fingerprint density at radius 3 is 2.73 bits per heavy atom. The van der Waals surface area contributed by atoms with Gasteiger partial charge in [-0.25, -0.2) is 9.18 Å². The van der Waals surface area contributed by atoms with Gasteiger partial charge in [-0.05, 0) is 37.3 Å². The number of hydrogen-bond acceptors (Lipinski definition) is 2. The first kappa shape index (κ1) is 15.3. The van der Waals surface area contributed by atoms with E-state index in [1.165, 1.54) is 23.1 Å². The maximum absolute atomic E-state index is 14.1. The van der Waals surface area contributed by atoms with Crippen LogP contribution in [0.3, 0.4) is 0 Å². The van der Waals surface area contributed by atoms with Gasteiger partial charge in [0, 0.05) is 6.04 Å². The summed E-state index contributed by atoms with van der Waals surface area (Å²) in [7, 11) is 0. The van der Waals surface area contributed by atoms with Crippen molar-refractivity contribution in [1.82, 2.24) is 4.90 Å². The van der Waals surface area contributed by atoms with Crippen molar-refractivity contribution >= 4 is 23.5 Å². The molecule has 1 heterocycles. The Morgan fingerprint density at radius 1 is 1.27 bits per heavy atom. The molecule has 1 N–H and O–H groups in total. The molecule has 1 aliphatic heterocycles. The lowest BCUT2D eigenvalue weighted by molar-refractivity contribution is -0.141. The predicted molar refractivity (Wildman–Crippen MR) is 79.4 cm³/mol. The fourth-order valence-electron chi connectivity index (χ4n) is 3.78. The molecule has 0 radical (unpaired) electrons. The molecule has 0 spiro atoms. The van der Waals surface area contributed by atoms with Crippen LogP contribution in [0.25, 0.3) is 0 Å². The summed E-state index contributed by atoms with van der Waals surface area (Å²) >= 11 is 5.74. The second-order valence-corrected chi connectivity index (χ2v) is 6.42. The Labute approximate surface area is 132 Å². The molecule has 0 aromatic heterocycles. The number of amides is 1. The largest absolute Gasteiger partial charge is 0.480 e. The second-order valence-electron chi connectivity index (χ2n) is 6.02. The van der Waals surface area contributed by atoms with Crippen molar-refractivity contribution in [3.05, 3.63) is 34.6 Å². The number of carbonyl (C=O) groups is 2. The van der Waals surface area contributed by atoms with Gasteiger partial charge in [0.15, 0.2) is 5.82 Å². The van der Waals surface area contributed by atoms with Crippen LogP contribution in [0.4, 0.5) is 4.39 Å². The lowest BCUT2D eigenvalue weighted by Gasteiger charge is -2.33. The summed E-state index contributed by atoms with van der Waals surface area (Å²) in [5.74, 6) is -2.18. The second kappa shape index (κ2) is 5.88. The molecule has 22 heavy (non-hydrogen) atoms. The van der Waals surface area contributed by atoms with Crippen molar-refractivity contribution in [3.8, 4) is 0 Å². The fourth-order valence-corrected chi connectivity index (χ4v) is 3.96. The van der Waals surface area contributed by atoms with Gasteiger partial charge in [0.2, 0.25) is 0 Å². The van der Waals surface area contributed by atoms with Crippen LogP contribution in [0.15, 0.2) is 18.2 Å². The van der Waals surface area contributed by atoms with E-state index < -0.39 is 23.7 Å². The number of likely N-dealkylation sites (tertiary alicyclic amines) is 1. The lowest BCUT2D eigenvalue weighted by Crippen LogP contribution is -2.46. The average Bonchev–Trinajstić information content (AvgIpc) is 2.89. The molecule has 1 amide bonds. The molecule has 118 valence electrons. The Hall–Kier alpha value is -1.62. The van der Waals surface area contributed by atoms with E-state index in [1.54, 1.807) is 0 Å². The number of fused-ring (bicyclic) bond motifs is 1. The van der Waals surface area contributed by atoms with Gasteiger partial charge in [-0.3, -0.25) is 4.79 Å². The molecule has 3 rings (SSSR count). The number of aliphatic carboxylic acids is 1. The van der Waals surface area contributed by atoms with E-state index in [0.717, 1.165) is 25.7 Å². The minimum absolute atomic E-state index is 0.110. The number of hydrogen-bond donors (Lipinski definition) is 1. The number of nitrogens with zero attached hydrogens (tertiary/aromatic N) is 1. The molecule has 1 aromatic rings. The molecule has 1 saturated heterocycles. The molecule has 3 atom stereocenters. The highest BCUT2D eigenvalue weighted by Gasteiger charge is 2.48. The van der Waals surface area contributed by atoms with Crippen LogP contribution in [-0.2, 0) is 4.79 Å². The average molecular weight is 326 g/mol. The van der Waals surface area contributed by atoms with Gasteiger partial charge in [-0.1, -0.05) is 30.5 Å². The third-order valence-electron chi connectivity index (χ3n) is 4.79. The van der Waals surface area contributed by atoms with Crippen LogP contribution in [0, 0.1) is 11.7 Å². The van der Waals surface area contributed by atoms with Gasteiger partial charge in [-0.2, -0.15) is 0 Å². The third-order valence-corrected chi connectivity index (χ3v) is 5.08. The monoisotopic (exact) mass is 325 g/mol. The SMILES string of the molecule is O=C(O)C1CC2CCCCC2N1C(=O)c1cccc(Cl)c1F. The molecule has 1 aliphatic carbocycles. The van der Waals surface area contributed by atoms with Crippen LogP contribution in [0.2, 0.25) is 5.02 Å². The van der Waals surface area contributed by atoms with Crippen molar-refractivity contribution in [1.29, 1.82) is 0 Å². The molecular weight excluding hydrogens is 309 g/mol. The van der Waals surface area contributed by atoms with E-state index in [4.69, 9.17) is 11.6 Å². The summed E-state index contributed by atoms with van der Waals surface area (Å²) in [6, 6.07) is 3.25. The Kier molecular flexibility index (Phi) is 4.08. The molecule has 0 bridgehead atoms. The van der Waals surface area contributed by atoms with Gasteiger partial charge >= 0.3 is 5.97 Å². The number of benzene rings is 1. The topological polar surface area (TPSA) is 57.6 Å². The zero-order chi connectivity index (χ0) is 15.9. The minimum Gasteiger partial charge on any atom is -0.480 e. The van der Waals surface area contributed by atoms with E-state index in [9.17, 15) is 19.1 Å². The van der Waals surface area contributed by atoms with E-state index >= 15 is 0 Å².